The molecule has 3 unspecified atom stereocenters. The molecule has 1 saturated carbocycles. The van der Waals surface area contributed by atoms with E-state index in [0.29, 0.717) is 11.8 Å². The molecule has 14 heavy (non-hydrogen) atoms. The fourth-order valence-corrected chi connectivity index (χ4v) is 2.33. The van der Waals surface area contributed by atoms with Gasteiger partial charge in [-0.25, -0.2) is 4.98 Å². The Kier molecular flexibility index (Phi) is 2.82. The average molecular weight is 214 g/mol. The van der Waals surface area contributed by atoms with E-state index in [4.69, 9.17) is 16.0 Å². The molecule has 1 heterocycles. The zero-order valence-corrected chi connectivity index (χ0v) is 9.42. The molecular formula is C11H16ClNO. The zero-order chi connectivity index (χ0) is 10.1. The number of oxazole rings is 1. The van der Waals surface area contributed by atoms with E-state index >= 15 is 0 Å². The van der Waals surface area contributed by atoms with Crippen LogP contribution in [-0.4, -0.2) is 4.98 Å². The lowest BCUT2D eigenvalue weighted by Gasteiger charge is -2.10. The van der Waals surface area contributed by atoms with E-state index in [1.54, 1.807) is 0 Å². The number of rotatable bonds is 2. The molecular weight excluding hydrogens is 198 g/mol. The SMILES string of the molecule is CC(Cl)c1ncc(C2CCCC2C)o1. The lowest BCUT2D eigenvalue weighted by molar-refractivity contribution is 0.390. The highest BCUT2D eigenvalue weighted by Gasteiger charge is 2.28. The van der Waals surface area contributed by atoms with Gasteiger partial charge in [-0.05, 0) is 25.7 Å². The first-order valence-corrected chi connectivity index (χ1v) is 5.72. The first kappa shape index (κ1) is 10.0. The van der Waals surface area contributed by atoms with Crippen LogP contribution in [0.1, 0.15) is 56.1 Å². The highest BCUT2D eigenvalue weighted by Crippen LogP contribution is 2.39. The Morgan fingerprint density at radius 1 is 1.57 bits per heavy atom. The maximum absolute atomic E-state index is 5.90. The lowest BCUT2D eigenvalue weighted by atomic mass is 9.96. The predicted octanol–water partition coefficient (Wildman–Crippen LogP) is 3.88. The van der Waals surface area contributed by atoms with Crippen molar-refractivity contribution in [3.05, 3.63) is 17.8 Å². The van der Waals surface area contributed by atoms with Gasteiger partial charge in [-0.2, -0.15) is 0 Å². The molecule has 1 fully saturated rings. The molecule has 1 aliphatic carbocycles. The average Bonchev–Trinajstić information content (AvgIpc) is 2.71. The highest BCUT2D eigenvalue weighted by molar-refractivity contribution is 6.20. The van der Waals surface area contributed by atoms with Gasteiger partial charge in [0, 0.05) is 5.92 Å². The standard InChI is InChI=1S/C11H16ClNO/c1-7-4-3-5-9(7)10-6-13-11(14-10)8(2)12/h6-9H,3-5H2,1-2H3. The van der Waals surface area contributed by atoms with E-state index in [-0.39, 0.29) is 5.38 Å². The number of halogens is 1. The minimum absolute atomic E-state index is 0.125. The van der Waals surface area contributed by atoms with Crippen LogP contribution < -0.4 is 0 Å². The third-order valence-electron chi connectivity index (χ3n) is 3.11. The number of aromatic nitrogens is 1. The van der Waals surface area contributed by atoms with Crippen molar-refractivity contribution in [1.82, 2.24) is 4.98 Å². The molecule has 0 spiro atoms. The fourth-order valence-electron chi connectivity index (χ4n) is 2.22. The quantitative estimate of drug-likeness (QED) is 0.697. The summed E-state index contributed by atoms with van der Waals surface area (Å²) < 4.78 is 5.66. The molecule has 0 aromatic carbocycles. The van der Waals surface area contributed by atoms with Gasteiger partial charge >= 0.3 is 0 Å². The van der Waals surface area contributed by atoms with E-state index in [1.807, 2.05) is 13.1 Å². The largest absolute Gasteiger partial charge is 0.444 e. The van der Waals surface area contributed by atoms with Crippen LogP contribution in [0.15, 0.2) is 10.6 Å². The monoisotopic (exact) mass is 213 g/mol. The molecule has 3 atom stereocenters. The summed E-state index contributed by atoms with van der Waals surface area (Å²) in [5, 5.41) is -0.125. The second-order valence-electron chi connectivity index (χ2n) is 4.23. The summed E-state index contributed by atoms with van der Waals surface area (Å²) >= 11 is 5.90. The van der Waals surface area contributed by atoms with Crippen LogP contribution >= 0.6 is 11.6 Å². The second kappa shape index (κ2) is 3.93. The van der Waals surface area contributed by atoms with Crippen molar-refractivity contribution in [2.24, 2.45) is 5.92 Å². The second-order valence-corrected chi connectivity index (χ2v) is 4.89. The molecule has 2 nitrogen and oxygen atoms in total. The van der Waals surface area contributed by atoms with E-state index in [2.05, 4.69) is 11.9 Å². The Bertz CT molecular complexity index is 308. The van der Waals surface area contributed by atoms with Gasteiger partial charge in [0.15, 0.2) is 0 Å². The van der Waals surface area contributed by atoms with Crippen molar-refractivity contribution >= 4 is 11.6 Å². The third kappa shape index (κ3) is 1.81. The summed E-state index contributed by atoms with van der Waals surface area (Å²) in [5.41, 5.74) is 0. The van der Waals surface area contributed by atoms with Crippen LogP contribution in [0.2, 0.25) is 0 Å². The van der Waals surface area contributed by atoms with Crippen molar-refractivity contribution in [3.63, 3.8) is 0 Å². The number of nitrogens with zero attached hydrogens (tertiary/aromatic N) is 1. The molecule has 1 aromatic heterocycles. The molecule has 1 aliphatic rings. The van der Waals surface area contributed by atoms with E-state index in [9.17, 15) is 0 Å². The predicted molar refractivity (Wildman–Crippen MR) is 56.5 cm³/mol. The smallest absolute Gasteiger partial charge is 0.212 e. The molecule has 0 amide bonds. The summed E-state index contributed by atoms with van der Waals surface area (Å²) in [4.78, 5) is 4.20. The van der Waals surface area contributed by atoms with Gasteiger partial charge in [-0.1, -0.05) is 13.3 Å². The summed E-state index contributed by atoms with van der Waals surface area (Å²) in [6.45, 7) is 4.17. The molecule has 3 heteroatoms. The Morgan fingerprint density at radius 3 is 2.86 bits per heavy atom. The summed E-state index contributed by atoms with van der Waals surface area (Å²) in [6.07, 6.45) is 5.68. The topological polar surface area (TPSA) is 26.0 Å². The van der Waals surface area contributed by atoms with E-state index in [1.165, 1.54) is 19.3 Å². The number of hydrogen-bond donors (Lipinski definition) is 0. The van der Waals surface area contributed by atoms with Gasteiger partial charge in [-0.3, -0.25) is 0 Å². The molecule has 0 N–H and O–H groups in total. The number of alkyl halides is 1. The minimum atomic E-state index is -0.125. The number of hydrogen-bond acceptors (Lipinski definition) is 2. The molecule has 0 bridgehead atoms. The first-order valence-electron chi connectivity index (χ1n) is 5.28. The van der Waals surface area contributed by atoms with Crippen molar-refractivity contribution in [2.75, 3.05) is 0 Å². The van der Waals surface area contributed by atoms with Crippen LogP contribution in [0.5, 0.6) is 0 Å². The molecule has 1 aromatic rings. The van der Waals surface area contributed by atoms with Crippen molar-refractivity contribution in [1.29, 1.82) is 0 Å². The minimum Gasteiger partial charge on any atom is -0.444 e. The Balaban J connectivity index is 2.16. The summed E-state index contributed by atoms with van der Waals surface area (Å²) in [7, 11) is 0. The summed E-state index contributed by atoms with van der Waals surface area (Å²) in [5.74, 6) is 2.96. The van der Waals surface area contributed by atoms with Gasteiger partial charge in [0.25, 0.3) is 0 Å². The zero-order valence-electron chi connectivity index (χ0n) is 8.66. The van der Waals surface area contributed by atoms with Gasteiger partial charge in [-0.15, -0.1) is 11.6 Å². The van der Waals surface area contributed by atoms with Crippen LogP contribution in [0.3, 0.4) is 0 Å². The van der Waals surface area contributed by atoms with Crippen LogP contribution in [-0.2, 0) is 0 Å². The molecule has 78 valence electrons. The van der Waals surface area contributed by atoms with Crippen molar-refractivity contribution in [2.45, 2.75) is 44.4 Å². The summed E-state index contributed by atoms with van der Waals surface area (Å²) in [6, 6.07) is 0. The van der Waals surface area contributed by atoms with Crippen LogP contribution in [0.25, 0.3) is 0 Å². The van der Waals surface area contributed by atoms with Gasteiger partial charge < -0.3 is 4.42 Å². The van der Waals surface area contributed by atoms with Crippen molar-refractivity contribution < 1.29 is 4.42 Å². The van der Waals surface area contributed by atoms with Gasteiger partial charge in [0.05, 0.1) is 6.20 Å². The normalized spacial score (nSPS) is 29.4. The third-order valence-corrected chi connectivity index (χ3v) is 3.30. The Labute approximate surface area is 89.7 Å². The van der Waals surface area contributed by atoms with Crippen LogP contribution in [0, 0.1) is 5.92 Å². The first-order chi connectivity index (χ1) is 6.68. The molecule has 0 saturated heterocycles. The molecule has 2 rings (SSSR count). The molecule has 0 radical (unpaired) electrons. The van der Waals surface area contributed by atoms with Crippen LogP contribution in [0.4, 0.5) is 0 Å². The van der Waals surface area contributed by atoms with E-state index in [0.717, 1.165) is 11.7 Å². The molecule has 0 aliphatic heterocycles. The van der Waals surface area contributed by atoms with Gasteiger partial charge in [0.1, 0.15) is 11.1 Å². The van der Waals surface area contributed by atoms with E-state index < -0.39 is 0 Å². The lowest BCUT2D eigenvalue weighted by Crippen LogP contribution is -2.00. The highest BCUT2D eigenvalue weighted by atomic mass is 35.5. The maximum atomic E-state index is 5.90. The fraction of sp³-hybridized carbons (Fsp3) is 0.727. The van der Waals surface area contributed by atoms with Crippen molar-refractivity contribution in [3.8, 4) is 0 Å². The van der Waals surface area contributed by atoms with Gasteiger partial charge in [0.2, 0.25) is 5.89 Å². The Hall–Kier alpha value is -0.500. The maximum Gasteiger partial charge on any atom is 0.212 e. The Morgan fingerprint density at radius 2 is 2.36 bits per heavy atom.